The van der Waals surface area contributed by atoms with Gasteiger partial charge < -0.3 is 15.4 Å². The van der Waals surface area contributed by atoms with Crippen LogP contribution in [0.15, 0.2) is 36.4 Å². The monoisotopic (exact) mass is 403 g/mol. The Morgan fingerprint density at radius 2 is 1.69 bits per heavy atom. The normalized spacial score (nSPS) is 12.1. The smallest absolute Gasteiger partial charge is 0.411 e. The van der Waals surface area contributed by atoms with E-state index in [4.69, 9.17) is 4.74 Å². The van der Waals surface area contributed by atoms with Crippen molar-refractivity contribution >= 4 is 23.6 Å². The minimum absolute atomic E-state index is 0.0568. The first-order valence-electron chi connectivity index (χ1n) is 9.68. The molecule has 7 heteroatoms. The fourth-order valence-corrected chi connectivity index (χ4v) is 2.43. The molecule has 1 aromatic rings. The number of hydrogen-bond acceptors (Lipinski definition) is 4. The molecule has 0 saturated heterocycles. The van der Waals surface area contributed by atoms with E-state index in [-0.39, 0.29) is 24.0 Å². The summed E-state index contributed by atoms with van der Waals surface area (Å²) in [6.07, 6.45) is -0.206. The van der Waals surface area contributed by atoms with Gasteiger partial charge >= 0.3 is 6.09 Å². The molecule has 1 aromatic carbocycles. The Labute approximate surface area is 173 Å². The molecule has 160 valence electrons. The van der Waals surface area contributed by atoms with Crippen LogP contribution >= 0.6 is 0 Å². The Bertz CT molecular complexity index is 733. The minimum atomic E-state index is -0.695. The van der Waals surface area contributed by atoms with Gasteiger partial charge in [-0.05, 0) is 52.2 Å². The predicted octanol–water partition coefficient (Wildman–Crippen LogP) is 3.55. The lowest BCUT2D eigenvalue weighted by Gasteiger charge is -2.26. The summed E-state index contributed by atoms with van der Waals surface area (Å²) in [7, 11) is 0. The summed E-state index contributed by atoms with van der Waals surface area (Å²) in [5.74, 6) is -0.580. The Morgan fingerprint density at radius 3 is 2.21 bits per heavy atom. The second-order valence-corrected chi connectivity index (χ2v) is 8.57. The molecule has 0 saturated carbocycles. The van der Waals surface area contributed by atoms with Gasteiger partial charge in [0.1, 0.15) is 12.6 Å². The second kappa shape index (κ2) is 10.6. The maximum Gasteiger partial charge on any atom is 0.411 e. The highest BCUT2D eigenvalue weighted by Crippen LogP contribution is 2.10. The van der Waals surface area contributed by atoms with Gasteiger partial charge in [-0.15, -0.1) is 0 Å². The molecule has 29 heavy (non-hydrogen) atoms. The number of benzene rings is 1. The molecule has 3 amide bonds. The molecule has 1 rings (SSSR count). The van der Waals surface area contributed by atoms with Gasteiger partial charge in [0.15, 0.2) is 0 Å². The fourth-order valence-electron chi connectivity index (χ4n) is 2.43. The van der Waals surface area contributed by atoms with E-state index in [1.165, 1.54) is 0 Å². The van der Waals surface area contributed by atoms with E-state index in [0.29, 0.717) is 12.1 Å². The molecule has 0 spiro atoms. The number of ether oxygens (including phenoxy) is 1. The average molecular weight is 404 g/mol. The largest absolute Gasteiger partial charge is 0.444 e. The lowest BCUT2D eigenvalue weighted by molar-refractivity contribution is -0.129. The molecule has 1 unspecified atom stereocenters. The molecule has 7 nitrogen and oxygen atoms in total. The summed E-state index contributed by atoms with van der Waals surface area (Å²) in [6.45, 7) is 14.9. The topological polar surface area (TPSA) is 96.5 Å². The Balaban J connectivity index is 2.58. The first kappa shape index (κ1) is 24.2. The SMILES string of the molecule is C=C(COC(=O)Nc1ccc(C)cc1)C(=O)NC(CC(C)C)C(=O)NC(C)(C)C. The first-order chi connectivity index (χ1) is 13.4. The van der Waals surface area contributed by atoms with Crippen molar-refractivity contribution in [3.63, 3.8) is 0 Å². The van der Waals surface area contributed by atoms with E-state index in [9.17, 15) is 14.4 Å². The first-order valence-corrected chi connectivity index (χ1v) is 9.68. The van der Waals surface area contributed by atoms with Gasteiger partial charge in [0.2, 0.25) is 5.91 Å². The standard InChI is InChI=1S/C22H33N3O4/c1-14(2)12-18(20(27)25-22(5,6)7)24-19(26)16(4)13-29-21(28)23-17-10-8-15(3)9-11-17/h8-11,14,18H,4,12-13H2,1-3,5-7H3,(H,23,28)(H,24,26)(H,25,27). The zero-order valence-corrected chi connectivity index (χ0v) is 18.2. The lowest BCUT2D eigenvalue weighted by atomic mass is 10.0. The van der Waals surface area contributed by atoms with Gasteiger partial charge in [0.25, 0.3) is 5.91 Å². The predicted molar refractivity (Wildman–Crippen MR) is 115 cm³/mol. The zero-order chi connectivity index (χ0) is 22.2. The van der Waals surface area contributed by atoms with Gasteiger partial charge in [-0.2, -0.15) is 0 Å². The maximum absolute atomic E-state index is 12.5. The van der Waals surface area contributed by atoms with Gasteiger partial charge in [0.05, 0.1) is 0 Å². The summed E-state index contributed by atoms with van der Waals surface area (Å²) in [6, 6.07) is 6.53. The highest BCUT2D eigenvalue weighted by atomic mass is 16.5. The maximum atomic E-state index is 12.5. The van der Waals surface area contributed by atoms with Crippen LogP contribution in [0.2, 0.25) is 0 Å². The molecular weight excluding hydrogens is 370 g/mol. The van der Waals surface area contributed by atoms with Crippen LogP contribution < -0.4 is 16.0 Å². The molecule has 0 radical (unpaired) electrons. The molecule has 0 aliphatic rings. The van der Waals surface area contributed by atoms with E-state index >= 15 is 0 Å². The average Bonchev–Trinajstić information content (AvgIpc) is 2.59. The van der Waals surface area contributed by atoms with Crippen LogP contribution in [0, 0.1) is 12.8 Å². The number of hydrogen-bond donors (Lipinski definition) is 3. The van der Waals surface area contributed by atoms with Crippen LogP contribution in [0.1, 0.15) is 46.6 Å². The Morgan fingerprint density at radius 1 is 1.10 bits per heavy atom. The van der Waals surface area contributed by atoms with E-state index in [1.807, 2.05) is 53.7 Å². The van der Waals surface area contributed by atoms with Crippen molar-refractivity contribution in [2.45, 2.75) is 59.5 Å². The third-order valence-corrected chi connectivity index (χ3v) is 3.82. The molecule has 0 aliphatic carbocycles. The summed E-state index contributed by atoms with van der Waals surface area (Å²) in [5, 5.41) is 8.14. The number of amides is 3. The van der Waals surface area contributed by atoms with Crippen molar-refractivity contribution in [2.75, 3.05) is 11.9 Å². The third kappa shape index (κ3) is 9.78. The number of carbonyl (C=O) groups excluding carboxylic acids is 3. The van der Waals surface area contributed by atoms with Crippen molar-refractivity contribution in [3.05, 3.63) is 42.0 Å². The number of aryl methyl sites for hydroxylation is 1. The van der Waals surface area contributed by atoms with Gasteiger partial charge in [0, 0.05) is 16.8 Å². The van der Waals surface area contributed by atoms with Crippen molar-refractivity contribution in [2.24, 2.45) is 5.92 Å². The Hall–Kier alpha value is -2.83. The van der Waals surface area contributed by atoms with Crippen LogP contribution in [0.25, 0.3) is 0 Å². The minimum Gasteiger partial charge on any atom is -0.444 e. The second-order valence-electron chi connectivity index (χ2n) is 8.57. The van der Waals surface area contributed by atoms with Crippen LogP contribution in [0.3, 0.4) is 0 Å². The van der Waals surface area contributed by atoms with Crippen LogP contribution in [0.5, 0.6) is 0 Å². The quantitative estimate of drug-likeness (QED) is 0.578. The van der Waals surface area contributed by atoms with Crippen LogP contribution in [-0.2, 0) is 14.3 Å². The molecule has 0 heterocycles. The molecule has 1 atom stereocenters. The molecule has 0 aliphatic heterocycles. The highest BCUT2D eigenvalue weighted by molar-refractivity contribution is 5.97. The molecule has 0 bridgehead atoms. The van der Waals surface area contributed by atoms with Crippen molar-refractivity contribution in [1.29, 1.82) is 0 Å². The van der Waals surface area contributed by atoms with Gasteiger partial charge in [-0.25, -0.2) is 4.79 Å². The van der Waals surface area contributed by atoms with E-state index in [0.717, 1.165) is 5.56 Å². The molecule has 3 N–H and O–H groups in total. The number of nitrogens with one attached hydrogen (secondary N) is 3. The van der Waals surface area contributed by atoms with Crippen LogP contribution in [-0.4, -0.2) is 36.1 Å². The molecule has 0 fully saturated rings. The highest BCUT2D eigenvalue weighted by Gasteiger charge is 2.26. The van der Waals surface area contributed by atoms with E-state index in [2.05, 4.69) is 22.5 Å². The molecule has 0 aromatic heterocycles. The van der Waals surface area contributed by atoms with Gasteiger partial charge in [-0.3, -0.25) is 14.9 Å². The van der Waals surface area contributed by atoms with Crippen molar-refractivity contribution in [1.82, 2.24) is 10.6 Å². The van der Waals surface area contributed by atoms with E-state index < -0.39 is 23.6 Å². The lowest BCUT2D eigenvalue weighted by Crippen LogP contribution is -2.52. The summed E-state index contributed by atoms with van der Waals surface area (Å²) >= 11 is 0. The summed E-state index contributed by atoms with van der Waals surface area (Å²) < 4.78 is 5.05. The number of carbonyl (C=O) groups is 3. The summed E-state index contributed by atoms with van der Waals surface area (Å²) in [5.41, 5.74) is 1.30. The number of anilines is 1. The van der Waals surface area contributed by atoms with Crippen molar-refractivity contribution in [3.8, 4) is 0 Å². The zero-order valence-electron chi connectivity index (χ0n) is 18.2. The Kier molecular flexibility index (Phi) is 8.88. The number of rotatable bonds is 8. The van der Waals surface area contributed by atoms with Crippen molar-refractivity contribution < 1.29 is 19.1 Å². The fraction of sp³-hybridized carbons (Fsp3) is 0.500. The third-order valence-electron chi connectivity index (χ3n) is 3.82. The van der Waals surface area contributed by atoms with Gasteiger partial charge in [-0.1, -0.05) is 38.1 Å². The summed E-state index contributed by atoms with van der Waals surface area (Å²) in [4.78, 5) is 36.8. The van der Waals surface area contributed by atoms with Crippen LogP contribution in [0.4, 0.5) is 10.5 Å². The molecular formula is C22H33N3O4. The van der Waals surface area contributed by atoms with E-state index in [1.54, 1.807) is 12.1 Å².